The number of likely N-dealkylation sites (N-methyl/N-ethyl adjacent to an activating group) is 1. The number of carbonyl (C=O) groups is 2. The minimum atomic E-state index is -4.17. The molecular formula is C27H29BrClN3O5S. The number of hydrogen-bond donors (Lipinski definition) is 1. The molecule has 1 unspecified atom stereocenters. The molecule has 0 saturated heterocycles. The maximum atomic E-state index is 13.8. The number of anilines is 1. The monoisotopic (exact) mass is 621 g/mol. The minimum Gasteiger partial charge on any atom is -0.495 e. The van der Waals surface area contributed by atoms with Gasteiger partial charge in [-0.05, 0) is 61.9 Å². The number of benzene rings is 3. The van der Waals surface area contributed by atoms with Crippen LogP contribution in [0.1, 0.15) is 19.4 Å². The van der Waals surface area contributed by atoms with Gasteiger partial charge in [0.1, 0.15) is 18.3 Å². The van der Waals surface area contributed by atoms with Gasteiger partial charge in [-0.2, -0.15) is 0 Å². The van der Waals surface area contributed by atoms with Gasteiger partial charge < -0.3 is 15.0 Å². The summed E-state index contributed by atoms with van der Waals surface area (Å²) in [6.45, 7) is 3.34. The maximum absolute atomic E-state index is 13.8. The zero-order valence-electron chi connectivity index (χ0n) is 21.2. The molecule has 0 radical (unpaired) electrons. The molecule has 2 amide bonds. The van der Waals surface area contributed by atoms with E-state index in [1.54, 1.807) is 32.0 Å². The van der Waals surface area contributed by atoms with Gasteiger partial charge in [-0.1, -0.05) is 57.9 Å². The van der Waals surface area contributed by atoms with Crippen molar-refractivity contribution in [2.75, 3.05) is 24.5 Å². The largest absolute Gasteiger partial charge is 0.495 e. The maximum Gasteiger partial charge on any atom is 0.264 e. The van der Waals surface area contributed by atoms with Crippen molar-refractivity contribution in [2.45, 2.75) is 31.3 Å². The molecule has 8 nitrogen and oxygen atoms in total. The molecule has 3 aromatic rings. The average Bonchev–Trinajstić information content (AvgIpc) is 2.91. The summed E-state index contributed by atoms with van der Waals surface area (Å²) < 4.78 is 34.6. The highest BCUT2D eigenvalue weighted by molar-refractivity contribution is 9.10. The van der Waals surface area contributed by atoms with Crippen molar-refractivity contribution in [1.82, 2.24) is 10.2 Å². The number of amides is 2. The smallest absolute Gasteiger partial charge is 0.264 e. The number of ether oxygens (including phenoxy) is 1. The fraction of sp³-hybridized carbons (Fsp3) is 0.259. The molecule has 1 atom stereocenters. The molecule has 0 aliphatic carbocycles. The fourth-order valence-corrected chi connectivity index (χ4v) is 5.69. The van der Waals surface area contributed by atoms with Gasteiger partial charge in [-0.15, -0.1) is 0 Å². The number of carbonyl (C=O) groups excluding carboxylic acids is 2. The van der Waals surface area contributed by atoms with E-state index in [2.05, 4.69) is 21.2 Å². The number of nitrogens with one attached hydrogen (secondary N) is 1. The average molecular weight is 623 g/mol. The van der Waals surface area contributed by atoms with Crippen LogP contribution in [0, 0.1) is 0 Å². The van der Waals surface area contributed by atoms with E-state index in [1.165, 1.54) is 42.3 Å². The molecule has 0 aromatic heterocycles. The molecule has 0 spiro atoms. The Morgan fingerprint density at radius 1 is 1.05 bits per heavy atom. The zero-order valence-corrected chi connectivity index (χ0v) is 24.4. The lowest BCUT2D eigenvalue weighted by Crippen LogP contribution is -2.51. The molecule has 0 aliphatic heterocycles. The van der Waals surface area contributed by atoms with Gasteiger partial charge in [0.15, 0.2) is 0 Å². The molecule has 0 fully saturated rings. The SMILES string of the molecule is CCNC(=O)C(C)N(Cc1ccc(Br)cc1)C(=O)CN(c1ccc(OC)c(Cl)c1)S(=O)(=O)c1ccccc1. The Morgan fingerprint density at radius 3 is 2.29 bits per heavy atom. The Labute approximate surface area is 236 Å². The van der Waals surface area contributed by atoms with Crippen LogP contribution in [0.5, 0.6) is 5.75 Å². The highest BCUT2D eigenvalue weighted by Gasteiger charge is 2.32. The molecule has 0 bridgehead atoms. The number of hydrogen-bond acceptors (Lipinski definition) is 5. The Bertz CT molecular complexity index is 1370. The zero-order chi connectivity index (χ0) is 27.9. The number of sulfonamides is 1. The van der Waals surface area contributed by atoms with Crippen molar-refractivity contribution in [1.29, 1.82) is 0 Å². The van der Waals surface area contributed by atoms with Gasteiger partial charge in [-0.3, -0.25) is 13.9 Å². The first-order chi connectivity index (χ1) is 18.1. The molecule has 3 rings (SSSR count). The number of methoxy groups -OCH3 is 1. The Morgan fingerprint density at radius 2 is 1.71 bits per heavy atom. The van der Waals surface area contributed by atoms with Crippen LogP contribution in [0.2, 0.25) is 5.02 Å². The number of rotatable bonds is 11. The summed E-state index contributed by atoms with van der Waals surface area (Å²) in [6, 6.07) is 18.8. The molecule has 0 heterocycles. The molecule has 0 aliphatic rings. The van der Waals surface area contributed by atoms with E-state index < -0.39 is 28.5 Å². The fourth-order valence-electron chi connectivity index (χ4n) is 3.75. The molecule has 0 saturated carbocycles. The molecule has 3 aromatic carbocycles. The van der Waals surface area contributed by atoms with Crippen molar-refractivity contribution < 1.29 is 22.7 Å². The third-order valence-corrected chi connectivity index (χ3v) is 8.43. The van der Waals surface area contributed by atoms with Gasteiger partial charge in [0.05, 0.1) is 22.7 Å². The molecule has 1 N–H and O–H groups in total. The lowest BCUT2D eigenvalue weighted by Gasteiger charge is -2.32. The summed E-state index contributed by atoms with van der Waals surface area (Å²) in [7, 11) is -2.72. The van der Waals surface area contributed by atoms with Gasteiger partial charge in [0.25, 0.3) is 10.0 Å². The quantitative estimate of drug-likeness (QED) is 0.330. The first-order valence-electron chi connectivity index (χ1n) is 11.8. The van der Waals surface area contributed by atoms with Gasteiger partial charge in [0, 0.05) is 17.6 Å². The molecule has 38 heavy (non-hydrogen) atoms. The predicted molar refractivity (Wildman–Crippen MR) is 152 cm³/mol. The summed E-state index contributed by atoms with van der Waals surface area (Å²) in [5.41, 5.74) is 0.963. The van der Waals surface area contributed by atoms with Crippen LogP contribution in [0.25, 0.3) is 0 Å². The molecule has 11 heteroatoms. The lowest BCUT2D eigenvalue weighted by atomic mass is 10.1. The van der Waals surface area contributed by atoms with E-state index in [0.29, 0.717) is 12.3 Å². The van der Waals surface area contributed by atoms with Crippen molar-refractivity contribution in [3.05, 3.63) is 87.9 Å². The van der Waals surface area contributed by atoms with Crippen molar-refractivity contribution in [2.24, 2.45) is 0 Å². The first kappa shape index (κ1) is 29.5. The second-order valence-corrected chi connectivity index (χ2v) is 11.5. The lowest BCUT2D eigenvalue weighted by molar-refractivity contribution is -0.139. The van der Waals surface area contributed by atoms with Crippen LogP contribution in [0.15, 0.2) is 82.2 Å². The second-order valence-electron chi connectivity index (χ2n) is 8.36. The summed E-state index contributed by atoms with van der Waals surface area (Å²) >= 11 is 9.71. The van der Waals surface area contributed by atoms with Crippen LogP contribution < -0.4 is 14.4 Å². The van der Waals surface area contributed by atoms with Gasteiger partial charge in [0.2, 0.25) is 11.8 Å². The van der Waals surface area contributed by atoms with E-state index in [1.807, 2.05) is 24.3 Å². The van der Waals surface area contributed by atoms with E-state index in [0.717, 1.165) is 14.3 Å². The molecular weight excluding hydrogens is 594 g/mol. The number of nitrogens with zero attached hydrogens (tertiary/aromatic N) is 2. The third kappa shape index (κ3) is 7.06. The third-order valence-electron chi connectivity index (χ3n) is 5.82. The summed E-state index contributed by atoms with van der Waals surface area (Å²) in [4.78, 5) is 27.9. The highest BCUT2D eigenvalue weighted by Crippen LogP contribution is 2.32. The minimum absolute atomic E-state index is 0.0102. The highest BCUT2D eigenvalue weighted by atomic mass is 79.9. The van der Waals surface area contributed by atoms with Gasteiger partial charge in [-0.25, -0.2) is 8.42 Å². The summed E-state index contributed by atoms with van der Waals surface area (Å²) in [5.74, 6) is -0.540. The van der Waals surface area contributed by atoms with E-state index >= 15 is 0 Å². The van der Waals surface area contributed by atoms with Crippen LogP contribution in [-0.2, 0) is 26.2 Å². The Hall–Kier alpha value is -3.08. The first-order valence-corrected chi connectivity index (χ1v) is 14.4. The van der Waals surface area contributed by atoms with E-state index in [9.17, 15) is 18.0 Å². The second kappa shape index (κ2) is 13.1. The predicted octanol–water partition coefficient (Wildman–Crippen LogP) is 4.86. The van der Waals surface area contributed by atoms with Crippen molar-refractivity contribution >= 4 is 55.1 Å². The number of halogens is 2. The van der Waals surface area contributed by atoms with Crippen LogP contribution in [0.4, 0.5) is 5.69 Å². The summed E-state index contributed by atoms with van der Waals surface area (Å²) in [6.07, 6.45) is 0. The Kier molecular flexibility index (Phi) is 10.2. The van der Waals surface area contributed by atoms with E-state index in [4.69, 9.17) is 16.3 Å². The van der Waals surface area contributed by atoms with Crippen LogP contribution >= 0.6 is 27.5 Å². The van der Waals surface area contributed by atoms with Crippen LogP contribution in [0.3, 0.4) is 0 Å². The Balaban J connectivity index is 2.04. The molecule has 202 valence electrons. The van der Waals surface area contributed by atoms with E-state index in [-0.39, 0.29) is 28.1 Å². The van der Waals surface area contributed by atoms with Crippen LogP contribution in [-0.4, -0.2) is 51.4 Å². The summed E-state index contributed by atoms with van der Waals surface area (Å²) in [5, 5.41) is 2.92. The normalized spacial score (nSPS) is 11.9. The standard InChI is InChI=1S/C27H29BrClN3O5S/c1-4-30-27(34)19(2)31(17-20-10-12-21(28)13-11-20)26(33)18-32(22-14-15-25(37-3)24(29)16-22)38(35,36)23-8-6-5-7-9-23/h5-16,19H,4,17-18H2,1-3H3,(H,30,34). The topological polar surface area (TPSA) is 96.0 Å². The van der Waals surface area contributed by atoms with Gasteiger partial charge >= 0.3 is 0 Å². The van der Waals surface area contributed by atoms with Crippen molar-refractivity contribution in [3.8, 4) is 5.75 Å². The van der Waals surface area contributed by atoms with Crippen molar-refractivity contribution in [3.63, 3.8) is 0 Å².